The molecule has 96 valence electrons. The number of rotatable bonds is 5. The van der Waals surface area contributed by atoms with Crippen LogP contribution in [-0.4, -0.2) is 25.1 Å². The second-order valence-electron chi connectivity index (χ2n) is 3.66. The van der Waals surface area contributed by atoms with Crippen molar-refractivity contribution in [1.29, 1.82) is 0 Å². The molecular weight excluding hydrogens is 254 g/mol. The number of methoxy groups -OCH3 is 2. The zero-order valence-corrected chi connectivity index (χ0v) is 11.0. The van der Waals surface area contributed by atoms with Crippen molar-refractivity contribution in [2.24, 2.45) is 0 Å². The second kappa shape index (κ2) is 5.78. The van der Waals surface area contributed by atoms with E-state index in [1.54, 1.807) is 26.5 Å². The Bertz CT molecular complexity index is 502. The lowest BCUT2D eigenvalue weighted by Gasteiger charge is -2.06. The normalized spacial score (nSPS) is 10.4. The van der Waals surface area contributed by atoms with Gasteiger partial charge < -0.3 is 13.9 Å². The molecule has 0 spiro atoms. The number of halogens is 1. The molecule has 2 rings (SSSR count). The maximum Gasteiger partial charge on any atom is 0.196 e. The summed E-state index contributed by atoms with van der Waals surface area (Å²) in [4.78, 5) is 4.16. The quantitative estimate of drug-likeness (QED) is 0.781. The molecule has 0 fully saturated rings. The first-order chi connectivity index (χ1) is 8.76. The minimum atomic E-state index is 0.487. The van der Waals surface area contributed by atoms with E-state index in [-0.39, 0.29) is 0 Å². The molecule has 1 aromatic carbocycles. The van der Waals surface area contributed by atoms with Crippen molar-refractivity contribution in [2.75, 3.05) is 20.1 Å². The summed E-state index contributed by atoms with van der Waals surface area (Å²) in [5.74, 6) is 3.20. The number of alkyl halides is 1. The highest BCUT2D eigenvalue weighted by atomic mass is 35.5. The zero-order valence-electron chi connectivity index (χ0n) is 10.3. The van der Waals surface area contributed by atoms with Crippen molar-refractivity contribution in [1.82, 2.24) is 4.98 Å². The fourth-order valence-corrected chi connectivity index (χ4v) is 1.75. The molecule has 0 aliphatic heterocycles. The molecule has 0 atom stereocenters. The average molecular weight is 268 g/mol. The highest BCUT2D eigenvalue weighted by Gasteiger charge is 2.09. The molecule has 0 N–H and O–H groups in total. The molecule has 0 aliphatic rings. The monoisotopic (exact) mass is 267 g/mol. The Balaban J connectivity index is 2.35. The van der Waals surface area contributed by atoms with Gasteiger partial charge in [-0.15, -0.1) is 11.6 Å². The van der Waals surface area contributed by atoms with Crippen LogP contribution in [0, 0.1) is 0 Å². The average Bonchev–Trinajstić information content (AvgIpc) is 2.87. The number of aryl methyl sites for hydroxylation is 1. The molecule has 4 nitrogen and oxygen atoms in total. The summed E-state index contributed by atoms with van der Waals surface area (Å²) in [5, 5.41) is 0. The van der Waals surface area contributed by atoms with Crippen LogP contribution < -0.4 is 9.47 Å². The van der Waals surface area contributed by atoms with Crippen LogP contribution >= 0.6 is 11.6 Å². The van der Waals surface area contributed by atoms with Gasteiger partial charge in [0.25, 0.3) is 0 Å². The molecule has 2 aromatic rings. The van der Waals surface area contributed by atoms with Crippen molar-refractivity contribution in [3.63, 3.8) is 0 Å². The minimum Gasteiger partial charge on any atom is -0.497 e. The van der Waals surface area contributed by atoms with Gasteiger partial charge in [0, 0.05) is 23.9 Å². The number of aromatic nitrogens is 1. The molecule has 0 saturated carbocycles. The summed E-state index contributed by atoms with van der Waals surface area (Å²) in [6, 6.07) is 5.54. The van der Waals surface area contributed by atoms with E-state index in [1.807, 2.05) is 12.1 Å². The third-order valence-electron chi connectivity index (χ3n) is 2.50. The lowest BCUT2D eigenvalue weighted by molar-refractivity contribution is 0.394. The van der Waals surface area contributed by atoms with E-state index < -0.39 is 0 Å². The van der Waals surface area contributed by atoms with Gasteiger partial charge in [-0.3, -0.25) is 0 Å². The number of ether oxygens (including phenoxy) is 2. The SMILES string of the molecule is COc1cc(OC)cc(-c2cnc(CCCl)o2)c1. The van der Waals surface area contributed by atoms with Crippen molar-refractivity contribution in [3.8, 4) is 22.8 Å². The Labute approximate surface area is 110 Å². The Hall–Kier alpha value is -1.68. The van der Waals surface area contributed by atoms with Crippen LogP contribution in [-0.2, 0) is 6.42 Å². The van der Waals surface area contributed by atoms with Crippen LogP contribution in [0.5, 0.6) is 11.5 Å². The van der Waals surface area contributed by atoms with E-state index in [0.717, 1.165) is 5.56 Å². The lowest BCUT2D eigenvalue weighted by atomic mass is 10.1. The van der Waals surface area contributed by atoms with Crippen molar-refractivity contribution in [2.45, 2.75) is 6.42 Å². The van der Waals surface area contributed by atoms with Gasteiger partial charge >= 0.3 is 0 Å². The van der Waals surface area contributed by atoms with Gasteiger partial charge in [0.2, 0.25) is 0 Å². The van der Waals surface area contributed by atoms with Gasteiger partial charge in [-0.05, 0) is 12.1 Å². The van der Waals surface area contributed by atoms with E-state index in [0.29, 0.717) is 35.5 Å². The molecule has 0 radical (unpaired) electrons. The predicted octanol–water partition coefficient (Wildman–Crippen LogP) is 3.14. The summed E-state index contributed by atoms with van der Waals surface area (Å²) in [5.41, 5.74) is 0.861. The van der Waals surface area contributed by atoms with E-state index in [9.17, 15) is 0 Å². The molecule has 0 unspecified atom stereocenters. The number of hydrogen-bond acceptors (Lipinski definition) is 4. The van der Waals surface area contributed by atoms with Gasteiger partial charge in [0.05, 0.1) is 20.4 Å². The Morgan fingerprint density at radius 3 is 2.39 bits per heavy atom. The molecular formula is C13H14ClNO3. The van der Waals surface area contributed by atoms with Gasteiger partial charge in [-0.2, -0.15) is 0 Å². The first kappa shape index (κ1) is 12.8. The molecule has 0 bridgehead atoms. The van der Waals surface area contributed by atoms with Crippen molar-refractivity contribution < 1.29 is 13.9 Å². The summed E-state index contributed by atoms with van der Waals surface area (Å²) in [7, 11) is 3.22. The third kappa shape index (κ3) is 2.76. The fraction of sp³-hybridized carbons (Fsp3) is 0.308. The van der Waals surface area contributed by atoms with Gasteiger partial charge in [-0.1, -0.05) is 0 Å². The van der Waals surface area contributed by atoms with Crippen LogP contribution in [0.4, 0.5) is 0 Å². The first-order valence-corrected chi connectivity index (χ1v) is 6.04. The van der Waals surface area contributed by atoms with Crippen LogP contribution in [0.25, 0.3) is 11.3 Å². The Kier molecular flexibility index (Phi) is 4.10. The lowest BCUT2D eigenvalue weighted by Crippen LogP contribution is -1.88. The smallest absolute Gasteiger partial charge is 0.196 e. The predicted molar refractivity (Wildman–Crippen MR) is 69.5 cm³/mol. The summed E-state index contributed by atoms with van der Waals surface area (Å²) in [6.07, 6.45) is 2.29. The number of hydrogen-bond donors (Lipinski definition) is 0. The van der Waals surface area contributed by atoms with Crippen LogP contribution in [0.1, 0.15) is 5.89 Å². The van der Waals surface area contributed by atoms with Gasteiger partial charge in [0.15, 0.2) is 11.7 Å². The Morgan fingerprint density at radius 2 is 1.83 bits per heavy atom. The maximum absolute atomic E-state index is 5.65. The number of benzene rings is 1. The highest BCUT2D eigenvalue weighted by molar-refractivity contribution is 6.17. The standard InChI is InChI=1S/C13H14ClNO3/c1-16-10-5-9(6-11(7-10)17-2)12-8-15-13(18-12)3-4-14/h5-8H,3-4H2,1-2H3. The van der Waals surface area contributed by atoms with E-state index in [2.05, 4.69) is 4.98 Å². The van der Waals surface area contributed by atoms with Crippen molar-refractivity contribution in [3.05, 3.63) is 30.3 Å². The molecule has 0 amide bonds. The van der Waals surface area contributed by atoms with E-state index >= 15 is 0 Å². The summed E-state index contributed by atoms with van der Waals surface area (Å²) < 4.78 is 16.0. The summed E-state index contributed by atoms with van der Waals surface area (Å²) in [6.45, 7) is 0. The molecule has 1 heterocycles. The largest absolute Gasteiger partial charge is 0.497 e. The summed E-state index contributed by atoms with van der Waals surface area (Å²) >= 11 is 5.65. The van der Waals surface area contributed by atoms with Crippen LogP contribution in [0.3, 0.4) is 0 Å². The fourth-order valence-electron chi connectivity index (χ4n) is 1.59. The maximum atomic E-state index is 5.65. The number of oxazole rings is 1. The molecule has 0 saturated heterocycles. The number of nitrogens with zero attached hydrogens (tertiary/aromatic N) is 1. The first-order valence-electron chi connectivity index (χ1n) is 5.51. The van der Waals surface area contributed by atoms with Crippen LogP contribution in [0.2, 0.25) is 0 Å². The van der Waals surface area contributed by atoms with Gasteiger partial charge in [-0.25, -0.2) is 4.98 Å². The highest BCUT2D eigenvalue weighted by Crippen LogP contribution is 2.30. The third-order valence-corrected chi connectivity index (χ3v) is 2.69. The topological polar surface area (TPSA) is 44.5 Å². The van der Waals surface area contributed by atoms with Crippen molar-refractivity contribution >= 4 is 11.6 Å². The molecule has 18 heavy (non-hydrogen) atoms. The molecule has 5 heteroatoms. The Morgan fingerprint density at radius 1 is 1.17 bits per heavy atom. The zero-order chi connectivity index (χ0) is 13.0. The van der Waals surface area contributed by atoms with Gasteiger partial charge in [0.1, 0.15) is 11.5 Å². The molecule has 1 aromatic heterocycles. The second-order valence-corrected chi connectivity index (χ2v) is 4.04. The minimum absolute atomic E-state index is 0.487. The van der Waals surface area contributed by atoms with E-state index in [1.165, 1.54) is 0 Å². The van der Waals surface area contributed by atoms with E-state index in [4.69, 9.17) is 25.5 Å². The molecule has 0 aliphatic carbocycles. The van der Waals surface area contributed by atoms with Crippen LogP contribution in [0.15, 0.2) is 28.8 Å².